The molecule has 0 aromatic rings. The number of rotatable bonds is 4. The van der Waals surface area contributed by atoms with Crippen molar-refractivity contribution in [1.29, 1.82) is 0 Å². The summed E-state index contributed by atoms with van der Waals surface area (Å²) in [6.45, 7) is 20.1. The third-order valence-corrected chi connectivity index (χ3v) is 3.49. The monoisotopic (exact) mass is 254 g/mol. The molecule has 108 valence electrons. The maximum absolute atomic E-state index is 3.64. The minimum Gasteiger partial charge on any atom is -0.316 e. The van der Waals surface area contributed by atoms with Crippen molar-refractivity contribution in [3.05, 3.63) is 0 Å². The maximum Gasteiger partial charge on any atom is 0.00300 e. The molecule has 1 fully saturated rings. The summed E-state index contributed by atoms with van der Waals surface area (Å²) in [5, 5.41) is 3.64. The second-order valence-corrected chi connectivity index (χ2v) is 8.47. The minimum atomic E-state index is 0.410. The molecule has 0 radical (unpaired) electrons. The van der Waals surface area contributed by atoms with E-state index < -0.39 is 0 Å². The van der Waals surface area contributed by atoms with E-state index in [2.05, 4.69) is 51.8 Å². The quantitative estimate of drug-likeness (QED) is 0.827. The van der Waals surface area contributed by atoms with Crippen molar-refractivity contribution >= 4 is 0 Å². The van der Waals surface area contributed by atoms with Crippen molar-refractivity contribution in [3.8, 4) is 0 Å². The van der Waals surface area contributed by atoms with Crippen LogP contribution in [-0.4, -0.2) is 37.6 Å². The molecule has 1 saturated heterocycles. The Hall–Kier alpha value is -0.0800. The van der Waals surface area contributed by atoms with Crippen LogP contribution in [0.4, 0.5) is 0 Å². The van der Waals surface area contributed by atoms with Crippen molar-refractivity contribution < 1.29 is 0 Å². The standard InChI is InChI=1S/C16H34N2/c1-15(2,3)12-17-11-14-7-9-18(10-8-14)13-16(4,5)6/h14,17H,7-13H2,1-6H3. The van der Waals surface area contributed by atoms with E-state index >= 15 is 0 Å². The smallest absolute Gasteiger partial charge is 0.00300 e. The second-order valence-electron chi connectivity index (χ2n) is 8.47. The number of likely N-dealkylation sites (tertiary alicyclic amines) is 1. The summed E-state index contributed by atoms with van der Waals surface area (Å²) in [6, 6.07) is 0. The van der Waals surface area contributed by atoms with Crippen LogP contribution in [0.1, 0.15) is 54.4 Å². The van der Waals surface area contributed by atoms with Crippen LogP contribution in [0.5, 0.6) is 0 Å². The Bertz CT molecular complexity index is 226. The molecule has 1 N–H and O–H groups in total. The first-order valence-corrected chi connectivity index (χ1v) is 7.59. The lowest BCUT2D eigenvalue weighted by Gasteiger charge is -2.36. The molecule has 0 saturated carbocycles. The van der Waals surface area contributed by atoms with Gasteiger partial charge in [-0.3, -0.25) is 0 Å². The summed E-state index contributed by atoms with van der Waals surface area (Å²) in [4.78, 5) is 2.64. The highest BCUT2D eigenvalue weighted by Gasteiger charge is 2.23. The maximum atomic E-state index is 3.64. The Balaban J connectivity index is 2.16. The largest absolute Gasteiger partial charge is 0.316 e. The highest BCUT2D eigenvalue weighted by molar-refractivity contribution is 4.78. The molecular weight excluding hydrogens is 220 g/mol. The highest BCUT2D eigenvalue weighted by Crippen LogP contribution is 2.22. The molecule has 1 rings (SSSR count). The van der Waals surface area contributed by atoms with Gasteiger partial charge in [-0.05, 0) is 55.8 Å². The first-order chi connectivity index (χ1) is 8.16. The lowest BCUT2D eigenvalue weighted by molar-refractivity contribution is 0.134. The molecule has 1 heterocycles. The van der Waals surface area contributed by atoms with Crippen LogP contribution in [0.2, 0.25) is 0 Å². The Kier molecular flexibility index (Phi) is 5.67. The highest BCUT2D eigenvalue weighted by atomic mass is 15.1. The van der Waals surface area contributed by atoms with Crippen LogP contribution >= 0.6 is 0 Å². The van der Waals surface area contributed by atoms with E-state index in [9.17, 15) is 0 Å². The Morgan fingerprint density at radius 1 is 0.944 bits per heavy atom. The molecule has 1 aliphatic heterocycles. The van der Waals surface area contributed by atoms with Crippen LogP contribution in [0.15, 0.2) is 0 Å². The van der Waals surface area contributed by atoms with Gasteiger partial charge in [0.05, 0.1) is 0 Å². The molecule has 0 aliphatic carbocycles. The van der Waals surface area contributed by atoms with E-state index in [-0.39, 0.29) is 0 Å². The van der Waals surface area contributed by atoms with Crippen LogP contribution < -0.4 is 5.32 Å². The van der Waals surface area contributed by atoms with Gasteiger partial charge in [0, 0.05) is 6.54 Å². The van der Waals surface area contributed by atoms with E-state index in [4.69, 9.17) is 0 Å². The van der Waals surface area contributed by atoms with Gasteiger partial charge >= 0.3 is 0 Å². The zero-order valence-corrected chi connectivity index (χ0v) is 13.5. The van der Waals surface area contributed by atoms with E-state index in [0.717, 1.165) is 12.5 Å². The van der Waals surface area contributed by atoms with Gasteiger partial charge in [0.25, 0.3) is 0 Å². The first-order valence-electron chi connectivity index (χ1n) is 7.59. The van der Waals surface area contributed by atoms with Gasteiger partial charge in [0.1, 0.15) is 0 Å². The van der Waals surface area contributed by atoms with Crippen LogP contribution in [-0.2, 0) is 0 Å². The molecule has 18 heavy (non-hydrogen) atoms. The van der Waals surface area contributed by atoms with Gasteiger partial charge in [-0.1, -0.05) is 41.5 Å². The molecule has 0 atom stereocenters. The second kappa shape index (κ2) is 6.38. The van der Waals surface area contributed by atoms with E-state index in [0.29, 0.717) is 10.8 Å². The van der Waals surface area contributed by atoms with E-state index in [1.165, 1.54) is 39.0 Å². The lowest BCUT2D eigenvalue weighted by atomic mass is 9.91. The van der Waals surface area contributed by atoms with Crippen molar-refractivity contribution in [3.63, 3.8) is 0 Å². The van der Waals surface area contributed by atoms with Crippen LogP contribution in [0.3, 0.4) is 0 Å². The van der Waals surface area contributed by atoms with Crippen LogP contribution in [0, 0.1) is 16.7 Å². The summed E-state index contributed by atoms with van der Waals surface area (Å²) in [6.07, 6.45) is 2.74. The predicted molar refractivity (Wildman–Crippen MR) is 80.9 cm³/mol. The Morgan fingerprint density at radius 3 is 1.94 bits per heavy atom. The summed E-state index contributed by atoms with van der Waals surface area (Å²) in [5.74, 6) is 0.892. The molecule has 0 aromatic heterocycles. The molecule has 2 heteroatoms. The molecule has 0 amide bonds. The van der Waals surface area contributed by atoms with Gasteiger partial charge in [-0.25, -0.2) is 0 Å². The molecular formula is C16H34N2. The lowest BCUT2D eigenvalue weighted by Crippen LogP contribution is -2.41. The topological polar surface area (TPSA) is 15.3 Å². The molecule has 2 nitrogen and oxygen atoms in total. The number of piperidine rings is 1. The number of hydrogen-bond donors (Lipinski definition) is 1. The summed E-state index contributed by atoms with van der Waals surface area (Å²) in [7, 11) is 0. The van der Waals surface area contributed by atoms with Gasteiger partial charge in [-0.15, -0.1) is 0 Å². The Labute approximate surface area is 115 Å². The molecule has 1 aliphatic rings. The summed E-state index contributed by atoms with van der Waals surface area (Å²) >= 11 is 0. The first kappa shape index (κ1) is 16.0. The zero-order valence-electron chi connectivity index (χ0n) is 13.5. The molecule has 0 spiro atoms. The van der Waals surface area contributed by atoms with Crippen molar-refractivity contribution in [2.24, 2.45) is 16.7 Å². The minimum absolute atomic E-state index is 0.410. The van der Waals surface area contributed by atoms with Gasteiger partial charge < -0.3 is 10.2 Å². The van der Waals surface area contributed by atoms with Crippen molar-refractivity contribution in [2.45, 2.75) is 54.4 Å². The SMILES string of the molecule is CC(C)(C)CNCC1CCN(CC(C)(C)C)CC1. The average Bonchev–Trinajstić information content (AvgIpc) is 2.16. The number of nitrogens with one attached hydrogen (secondary N) is 1. The average molecular weight is 254 g/mol. The fourth-order valence-corrected chi connectivity index (χ4v) is 2.67. The zero-order chi connectivity index (χ0) is 13.8. The fraction of sp³-hybridized carbons (Fsp3) is 1.00. The number of nitrogens with zero attached hydrogens (tertiary/aromatic N) is 1. The normalized spacial score (nSPS) is 20.3. The van der Waals surface area contributed by atoms with E-state index in [1.807, 2.05) is 0 Å². The third-order valence-electron chi connectivity index (χ3n) is 3.49. The van der Waals surface area contributed by atoms with E-state index in [1.54, 1.807) is 0 Å². The number of hydrogen-bond acceptors (Lipinski definition) is 2. The van der Waals surface area contributed by atoms with Gasteiger partial charge in [0.2, 0.25) is 0 Å². The summed E-state index contributed by atoms with van der Waals surface area (Å²) < 4.78 is 0. The van der Waals surface area contributed by atoms with Gasteiger partial charge in [0.15, 0.2) is 0 Å². The van der Waals surface area contributed by atoms with Crippen molar-refractivity contribution in [1.82, 2.24) is 10.2 Å². The fourth-order valence-electron chi connectivity index (χ4n) is 2.67. The van der Waals surface area contributed by atoms with Gasteiger partial charge in [-0.2, -0.15) is 0 Å². The molecule has 0 aromatic carbocycles. The molecule has 0 unspecified atom stereocenters. The van der Waals surface area contributed by atoms with Crippen LogP contribution in [0.25, 0.3) is 0 Å². The predicted octanol–water partition coefficient (Wildman–Crippen LogP) is 3.38. The van der Waals surface area contributed by atoms with Crippen molar-refractivity contribution in [2.75, 3.05) is 32.7 Å². The summed E-state index contributed by atoms with van der Waals surface area (Å²) in [5.41, 5.74) is 0.851. The Morgan fingerprint density at radius 2 is 1.50 bits per heavy atom. The molecule has 0 bridgehead atoms. The third kappa shape index (κ3) is 7.38.